The Labute approximate surface area is 826 Å². The molecule has 5 fully saturated rings. The Balaban J connectivity index is 1.07. The Morgan fingerprint density at radius 1 is 0.420 bits per heavy atom. The number of aliphatic carboxylic acids is 1. The van der Waals surface area contributed by atoms with Gasteiger partial charge in [-0.1, -0.05) is 60.1 Å². The maximum Gasteiger partial charge on any atom is 0.326 e. The molecule has 0 radical (unpaired) electrons. The summed E-state index contributed by atoms with van der Waals surface area (Å²) in [6, 6.07) is -17.3. The number of carboxylic acids is 1. The molecular weight excluding hydrogens is 1870 g/mol. The van der Waals surface area contributed by atoms with Crippen molar-refractivity contribution >= 4 is 136 Å². The fraction of sp³-hybridized carbons (Fsp3) is 0.644. The summed E-state index contributed by atoms with van der Waals surface area (Å²) >= 11 is 0. The number of phenolic OH excluding ortho intramolecular Hbond substituents is 1. The topological polar surface area (TPSA) is 849 Å². The van der Waals surface area contributed by atoms with Gasteiger partial charge in [0.2, 0.25) is 112 Å². The first-order chi connectivity index (χ1) is 67.7. The van der Waals surface area contributed by atoms with Crippen LogP contribution in [0.5, 0.6) is 5.75 Å². The number of amides is 19. The number of nitrogens with two attached hydrogens (primary N) is 7. The zero-order valence-corrected chi connectivity index (χ0v) is 81.6. The second kappa shape index (κ2) is 56.1. The number of aromatic hydroxyl groups is 1. The lowest BCUT2D eigenvalue weighted by Crippen LogP contribution is -2.62. The number of carbonyl (C=O) groups is 20. The number of nitrogens with one attached hydrogen (secondary N) is 18. The van der Waals surface area contributed by atoms with Gasteiger partial charge in [0.1, 0.15) is 102 Å². The Hall–Kier alpha value is -14.6. The van der Waals surface area contributed by atoms with Gasteiger partial charge in [0.05, 0.1) is 25.7 Å². The predicted octanol–water partition coefficient (Wildman–Crippen LogP) is -8.21. The van der Waals surface area contributed by atoms with Crippen LogP contribution in [0.2, 0.25) is 0 Å². The number of imidazole rings is 1. The summed E-state index contributed by atoms with van der Waals surface area (Å²) in [5.41, 5.74) is 39.3. The third-order valence-electron chi connectivity index (χ3n) is 25.5. The monoisotopic (exact) mass is 2010 g/mol. The molecule has 7 rings (SSSR count). The molecule has 6 heterocycles. The second-order valence-corrected chi connectivity index (χ2v) is 37.3. The number of hydrogen-bond acceptors (Lipinski definition) is 26. The van der Waals surface area contributed by atoms with E-state index in [0.29, 0.717) is 17.7 Å². The highest BCUT2D eigenvalue weighted by Gasteiger charge is 2.49. The Morgan fingerprint density at radius 2 is 0.783 bits per heavy atom. The van der Waals surface area contributed by atoms with Gasteiger partial charge < -0.3 is 154 Å². The maximum atomic E-state index is 15.3. The molecule has 0 bridgehead atoms. The van der Waals surface area contributed by atoms with Crippen molar-refractivity contribution in [2.24, 2.45) is 57.9 Å². The number of primary amides is 3. The van der Waals surface area contributed by atoms with E-state index in [4.69, 9.17) is 56.4 Å². The third kappa shape index (κ3) is 35.2. The zero-order chi connectivity index (χ0) is 106. The molecule has 0 saturated carbocycles. The molecule has 143 heavy (non-hydrogen) atoms. The molecule has 53 heteroatoms. The average molecular weight is 2010 g/mol. The van der Waals surface area contributed by atoms with Crippen LogP contribution in [0.15, 0.2) is 36.8 Å². The molecule has 5 aliphatic heterocycles. The summed E-state index contributed by atoms with van der Waals surface area (Å²) in [5, 5.41) is 80.0. The van der Waals surface area contributed by atoms with Crippen molar-refractivity contribution in [3.05, 3.63) is 48.0 Å². The van der Waals surface area contributed by atoms with Crippen LogP contribution in [0.4, 0.5) is 0 Å². The van der Waals surface area contributed by atoms with Crippen LogP contribution in [0.25, 0.3) is 0 Å². The lowest BCUT2D eigenvalue weighted by molar-refractivity contribution is -0.146. The van der Waals surface area contributed by atoms with Crippen LogP contribution in [0.1, 0.15) is 194 Å². The molecule has 0 spiro atoms. The molecule has 17 atom stereocenters. The van der Waals surface area contributed by atoms with Crippen LogP contribution in [-0.4, -0.2) is 336 Å². The first-order valence-corrected chi connectivity index (χ1v) is 48.3. The van der Waals surface area contributed by atoms with Crippen molar-refractivity contribution in [2.45, 2.75) is 292 Å². The molecule has 5 saturated heterocycles. The second-order valence-electron chi connectivity index (χ2n) is 37.3. The molecule has 53 nitrogen and oxygen atoms in total. The highest BCUT2D eigenvalue weighted by molar-refractivity contribution is 6.03. The number of rotatable bonds is 56. The number of carbonyl (C=O) groups excluding carboxylic acids is 19. The minimum Gasteiger partial charge on any atom is -0.508 e. The van der Waals surface area contributed by atoms with Crippen molar-refractivity contribution in [3.63, 3.8) is 0 Å². The van der Waals surface area contributed by atoms with Gasteiger partial charge in [-0.25, -0.2) is 9.78 Å². The molecule has 790 valence electrons. The first kappa shape index (κ1) is 115. The standard InChI is InChI=1S/C90H143N31O22/c1-7-48(6)71(116-75(130)56(39-49-24-26-51(122)27-25-49)112-81(136)70(47(4)5)115-80(135)65-23-14-35-119(65)82(137)53(17-9-31-103-89(97)98)108-74(129)58(42-68(94)125)111-73(128)57(41-67(93)124)106-69(126)43-91)86(141)121-37-15-22-64(121)78(133)110-55(28-29-66(92)123)84(139)118-34-11-20-62(118)77(132)109-54(18-10-32-104-90(99)100)83(138)117-33-12-21-63(117)79(134)113-59(40-50-44-101-45-105-50)85(140)120-36-13-19-61(120)76(131)107-52(16-8-30-102-88(95)96)72(127)114-60(87(142)143)38-46(2)3/h24-27,44-48,52-65,70-71,122H,7-23,28-43,91H2,1-6H3,(H2,92,123)(H2,93,124)(H2,94,125)(H,101,105)(H,106,126)(H,107,131)(H,108,129)(H,109,132)(H,110,133)(H,111,128)(H,112,136)(H,113,134)(H,114,127)(H,115,135)(H,116,130)(H,142,143)(H4,95,96,102)(H4,97,98,103)(H4,99,100,104)/t48-,52-,53-,54-,55-,56-,57-,58-,59-,60-,61-,62-,63-,64-,65-,70-,71-/m0/s1. The lowest BCUT2D eigenvalue weighted by Gasteiger charge is -2.34. The number of carboxylic acid groups (broad SMARTS) is 1. The van der Waals surface area contributed by atoms with Gasteiger partial charge in [-0.3, -0.25) is 107 Å². The summed E-state index contributed by atoms with van der Waals surface area (Å²) in [6.07, 6.45) is 1.60. The predicted molar refractivity (Wildman–Crippen MR) is 513 cm³/mol. The summed E-state index contributed by atoms with van der Waals surface area (Å²) in [6.45, 7) is 9.46. The number of H-pyrrole nitrogens is 1. The van der Waals surface area contributed by atoms with Crippen LogP contribution in [-0.2, 0) is 109 Å². The third-order valence-corrected chi connectivity index (χ3v) is 25.5. The van der Waals surface area contributed by atoms with Gasteiger partial charge in [0.25, 0.3) is 0 Å². The van der Waals surface area contributed by atoms with Gasteiger partial charge >= 0.3 is 5.97 Å². The fourth-order valence-electron chi connectivity index (χ4n) is 17.9. The van der Waals surface area contributed by atoms with E-state index in [1.165, 1.54) is 56.4 Å². The lowest BCUT2D eigenvalue weighted by atomic mass is 9.96. The molecule has 1 aromatic carbocycles. The average Bonchev–Trinajstić information content (AvgIpc) is 1.68. The molecule has 5 aliphatic rings. The highest BCUT2D eigenvalue weighted by Crippen LogP contribution is 2.29. The van der Waals surface area contributed by atoms with Crippen LogP contribution >= 0.6 is 0 Å². The van der Waals surface area contributed by atoms with Gasteiger partial charge in [-0.05, 0) is 151 Å². The molecule has 19 amide bonds. The van der Waals surface area contributed by atoms with Gasteiger partial charge in [-0.15, -0.1) is 0 Å². The summed E-state index contributed by atoms with van der Waals surface area (Å²) in [4.78, 5) is 296. The normalized spacial score (nSPS) is 19.1. The van der Waals surface area contributed by atoms with Crippen LogP contribution in [0.3, 0.4) is 0 Å². The highest BCUT2D eigenvalue weighted by atomic mass is 16.4. The number of aromatic amines is 1. The van der Waals surface area contributed by atoms with E-state index in [2.05, 4.69) is 84.4 Å². The van der Waals surface area contributed by atoms with Gasteiger partial charge in [-0.2, -0.15) is 0 Å². The number of guanidine groups is 3. The Bertz CT molecular complexity index is 4870. The number of aromatic nitrogens is 2. The Kier molecular flexibility index (Phi) is 45.3. The SMILES string of the molecule is CC[C@H](C)[C@H](NC(=O)[C@H](Cc1ccc(O)cc1)NC(=O)[C@@H](NC(=O)[C@@H]1CCCN1C(=O)[C@H](CCCNC(=N)N)NC(=O)[C@H](CC(N)=O)NC(=O)[C@H](CC(N)=O)NC(=O)CN)C(C)C)C(=O)N1CCC[C@H]1C(=O)N[C@@H](CCC(N)=O)C(=O)N1CCC[C@H]1C(=O)N[C@@H](CCCNC(=N)N)C(=O)N1CCC[C@H]1C(=O)N[C@@H](Cc1cnc[nH]1)C(=O)N1CCC[C@H]1C(=O)N[C@@H](CCCNC(=N)N)C(=O)N[C@@H](CC(C)C)C(=O)O. The van der Waals surface area contributed by atoms with E-state index in [9.17, 15) is 72.5 Å². The molecular formula is C90H143N31O22. The quantitative estimate of drug-likeness (QED) is 0.0166. The van der Waals surface area contributed by atoms with Crippen molar-refractivity contribution in [3.8, 4) is 5.75 Å². The van der Waals surface area contributed by atoms with Crippen LogP contribution < -0.4 is 115 Å². The minimum atomic E-state index is -1.83. The van der Waals surface area contributed by atoms with E-state index in [1.807, 2.05) is 0 Å². The van der Waals surface area contributed by atoms with E-state index >= 15 is 33.6 Å². The van der Waals surface area contributed by atoms with Crippen molar-refractivity contribution < 1.29 is 106 Å². The van der Waals surface area contributed by atoms with E-state index in [0.717, 1.165) is 4.90 Å². The van der Waals surface area contributed by atoms with Crippen molar-refractivity contribution in [2.75, 3.05) is 58.9 Å². The molecule has 0 aliphatic carbocycles. The Morgan fingerprint density at radius 3 is 1.17 bits per heavy atom. The van der Waals surface area contributed by atoms with E-state index in [-0.39, 0.29) is 192 Å². The summed E-state index contributed by atoms with van der Waals surface area (Å²) in [7, 11) is 0. The maximum absolute atomic E-state index is 15.3. The zero-order valence-electron chi connectivity index (χ0n) is 81.6. The van der Waals surface area contributed by atoms with Gasteiger partial charge in [0, 0.05) is 83.5 Å². The van der Waals surface area contributed by atoms with Crippen molar-refractivity contribution in [1.29, 1.82) is 16.2 Å². The molecule has 2 aromatic rings. The fourth-order valence-corrected chi connectivity index (χ4v) is 17.9. The molecule has 34 N–H and O–H groups in total. The number of hydrogen-bond donors (Lipinski definition) is 27. The number of benzene rings is 1. The first-order valence-electron chi connectivity index (χ1n) is 48.3. The number of likely N-dealkylation sites (tertiary alicyclic amines) is 5. The smallest absolute Gasteiger partial charge is 0.326 e. The van der Waals surface area contributed by atoms with Crippen LogP contribution in [0, 0.1) is 34.0 Å². The summed E-state index contributed by atoms with van der Waals surface area (Å²) in [5.74, 6) is -21.0. The van der Waals surface area contributed by atoms with E-state index < -0.39 is 271 Å². The minimum absolute atomic E-state index is 0.00565. The van der Waals surface area contributed by atoms with Gasteiger partial charge in [0.15, 0.2) is 17.9 Å². The molecule has 0 unspecified atom stereocenters. The number of nitrogens with zero attached hydrogens (tertiary/aromatic N) is 6. The van der Waals surface area contributed by atoms with E-state index in [1.54, 1.807) is 41.5 Å². The largest absolute Gasteiger partial charge is 0.508 e. The van der Waals surface area contributed by atoms with Crippen molar-refractivity contribution in [1.82, 2.24) is 109 Å². The molecule has 1 aromatic heterocycles. The summed E-state index contributed by atoms with van der Waals surface area (Å²) < 4.78 is 0. The number of phenols is 1.